The van der Waals surface area contributed by atoms with Gasteiger partial charge in [0.25, 0.3) is 5.91 Å². The van der Waals surface area contributed by atoms with Gasteiger partial charge >= 0.3 is 6.18 Å². The Kier molecular flexibility index (Phi) is 10.1. The number of nitrogens with zero attached hydrogens (tertiary/aromatic N) is 4. The molecule has 230 valence electrons. The zero-order valence-electron chi connectivity index (χ0n) is 25.0. The predicted octanol–water partition coefficient (Wildman–Crippen LogP) is 5.59. The summed E-state index contributed by atoms with van der Waals surface area (Å²) >= 11 is 0. The normalized spacial score (nSPS) is 18.3. The summed E-state index contributed by atoms with van der Waals surface area (Å²) in [6.07, 6.45) is 1.66. The molecule has 1 aliphatic rings. The van der Waals surface area contributed by atoms with Crippen LogP contribution in [-0.2, 0) is 20.0 Å². The highest BCUT2D eigenvalue weighted by atomic mass is 19.4. The minimum absolute atomic E-state index is 0.0792. The van der Waals surface area contributed by atoms with Crippen molar-refractivity contribution in [3.63, 3.8) is 0 Å². The van der Waals surface area contributed by atoms with Gasteiger partial charge in [0.15, 0.2) is 0 Å². The maximum absolute atomic E-state index is 14.6. The molecular weight excluding hydrogens is 562 g/mol. The number of hydrogen-bond acceptors (Lipinski definition) is 5. The number of ether oxygens (including phenoxy) is 1. The highest BCUT2D eigenvalue weighted by Gasteiger charge is 2.45. The van der Waals surface area contributed by atoms with Crippen LogP contribution in [0, 0.1) is 25.6 Å². The number of benzene rings is 2. The monoisotopic (exact) mass is 599 g/mol. The van der Waals surface area contributed by atoms with Gasteiger partial charge in [0.05, 0.1) is 24.4 Å². The van der Waals surface area contributed by atoms with E-state index in [-0.39, 0.29) is 37.4 Å². The molecule has 0 saturated carbocycles. The number of piperidine rings is 1. The van der Waals surface area contributed by atoms with Gasteiger partial charge in [0.2, 0.25) is 0 Å². The van der Waals surface area contributed by atoms with E-state index in [2.05, 4.69) is 15.4 Å². The lowest BCUT2D eigenvalue weighted by Gasteiger charge is -2.39. The molecule has 11 heteroatoms. The number of carbonyl (C=O) groups excluding carboxylic acids is 1. The van der Waals surface area contributed by atoms with Crippen molar-refractivity contribution in [3.8, 4) is 5.75 Å². The molecule has 0 radical (unpaired) electrons. The van der Waals surface area contributed by atoms with Crippen LogP contribution in [0.5, 0.6) is 5.75 Å². The molecule has 1 saturated heterocycles. The van der Waals surface area contributed by atoms with Gasteiger partial charge in [0.1, 0.15) is 11.6 Å². The van der Waals surface area contributed by atoms with Crippen molar-refractivity contribution in [2.45, 2.75) is 45.5 Å². The third-order valence-electron chi connectivity index (χ3n) is 7.72. The van der Waals surface area contributed by atoms with Crippen LogP contribution < -0.4 is 10.1 Å². The summed E-state index contributed by atoms with van der Waals surface area (Å²) in [6.45, 7) is 3.65. The number of alkyl halides is 3. The molecule has 0 aliphatic carbocycles. The fourth-order valence-corrected chi connectivity index (χ4v) is 5.50. The SMILES string of the molecule is CN=C(/C=C/Cc1nn(C)cc1C)c1cc(C(=O)NC2CC(C(F)(F)F)CN(Cc3c(F)cccc3OC)C2)ccc1C. The molecule has 4 rings (SSSR count). The summed E-state index contributed by atoms with van der Waals surface area (Å²) in [5.74, 6) is -2.45. The lowest BCUT2D eigenvalue weighted by atomic mass is 9.92. The Bertz CT molecular complexity index is 1510. The van der Waals surface area contributed by atoms with Gasteiger partial charge < -0.3 is 10.1 Å². The quantitative estimate of drug-likeness (QED) is 0.257. The Morgan fingerprint density at radius 3 is 2.60 bits per heavy atom. The smallest absolute Gasteiger partial charge is 0.393 e. The lowest BCUT2D eigenvalue weighted by Crippen LogP contribution is -2.53. The summed E-state index contributed by atoms with van der Waals surface area (Å²) in [6, 6.07) is 8.65. The fraction of sp³-hybridized carbons (Fsp3) is 0.406. The van der Waals surface area contributed by atoms with E-state index in [0.29, 0.717) is 17.7 Å². The third kappa shape index (κ3) is 7.90. The van der Waals surface area contributed by atoms with Crippen LogP contribution in [0.2, 0.25) is 0 Å². The number of carbonyl (C=O) groups is 1. The standard InChI is InChI=1S/C32H37F4N5O2/c1-20-12-13-22(14-25(20)29(37-3)10-7-9-28-21(2)16-40(4)39-28)31(42)38-24-15-23(32(34,35)36)17-41(18-24)19-26-27(33)8-6-11-30(26)43-5/h6-8,10-14,16,23-24H,9,15,17-19H2,1-5H3,(H,38,42)/b10-7+,37-29?. The molecule has 1 aliphatic heterocycles. The first-order valence-corrected chi connectivity index (χ1v) is 14.0. The van der Waals surface area contributed by atoms with Crippen molar-refractivity contribution < 1.29 is 27.1 Å². The molecule has 2 heterocycles. The van der Waals surface area contributed by atoms with E-state index >= 15 is 0 Å². The van der Waals surface area contributed by atoms with E-state index in [0.717, 1.165) is 22.4 Å². The Balaban J connectivity index is 1.51. The number of methoxy groups -OCH3 is 1. The van der Waals surface area contributed by atoms with Gasteiger partial charge in [-0.3, -0.25) is 19.4 Å². The minimum atomic E-state index is -4.47. The first-order chi connectivity index (χ1) is 20.4. The van der Waals surface area contributed by atoms with Crippen molar-refractivity contribution in [2.75, 3.05) is 27.2 Å². The van der Waals surface area contributed by atoms with Crippen molar-refractivity contribution in [3.05, 3.63) is 94.1 Å². The second-order valence-electron chi connectivity index (χ2n) is 10.9. The molecule has 0 bridgehead atoms. The molecule has 7 nitrogen and oxygen atoms in total. The molecule has 3 aromatic rings. The van der Waals surface area contributed by atoms with Gasteiger partial charge in [-0.05, 0) is 61.7 Å². The fourth-order valence-electron chi connectivity index (χ4n) is 5.50. The summed E-state index contributed by atoms with van der Waals surface area (Å²) < 4.78 is 63.3. The highest BCUT2D eigenvalue weighted by molar-refractivity contribution is 6.11. The number of aromatic nitrogens is 2. The molecule has 2 atom stereocenters. The van der Waals surface area contributed by atoms with Crippen molar-refractivity contribution in [1.82, 2.24) is 20.0 Å². The van der Waals surface area contributed by atoms with Crippen LogP contribution in [0.3, 0.4) is 0 Å². The van der Waals surface area contributed by atoms with Crippen LogP contribution in [0.25, 0.3) is 0 Å². The molecule has 2 aromatic carbocycles. The molecular formula is C32H37F4N5O2. The number of aliphatic imine (C=N–C) groups is 1. The Morgan fingerprint density at radius 1 is 1.19 bits per heavy atom. The van der Waals surface area contributed by atoms with Crippen molar-refractivity contribution >= 4 is 11.6 Å². The molecule has 43 heavy (non-hydrogen) atoms. The first kappa shape index (κ1) is 31.9. The second-order valence-corrected chi connectivity index (χ2v) is 10.9. The van der Waals surface area contributed by atoms with Crippen LogP contribution in [0.1, 0.15) is 44.7 Å². The maximum Gasteiger partial charge on any atom is 0.393 e. The third-order valence-corrected chi connectivity index (χ3v) is 7.72. The Hall–Kier alpha value is -3.99. The average Bonchev–Trinajstić information content (AvgIpc) is 3.28. The number of rotatable bonds is 9. The zero-order valence-corrected chi connectivity index (χ0v) is 25.0. The van der Waals surface area contributed by atoms with E-state index in [4.69, 9.17) is 4.74 Å². The largest absolute Gasteiger partial charge is 0.496 e. The number of allylic oxidation sites excluding steroid dienone is 2. The number of nitrogens with one attached hydrogen (secondary N) is 1. The van der Waals surface area contributed by atoms with E-state index in [1.54, 1.807) is 36.0 Å². The predicted molar refractivity (Wildman–Crippen MR) is 158 cm³/mol. The van der Waals surface area contributed by atoms with Gasteiger partial charge in [-0.25, -0.2) is 4.39 Å². The van der Waals surface area contributed by atoms with Crippen LogP contribution in [0.15, 0.2) is 59.7 Å². The topological polar surface area (TPSA) is 71.8 Å². The first-order valence-electron chi connectivity index (χ1n) is 14.0. The zero-order chi connectivity index (χ0) is 31.3. The van der Waals surface area contributed by atoms with E-state index in [9.17, 15) is 22.4 Å². The average molecular weight is 600 g/mol. The summed E-state index contributed by atoms with van der Waals surface area (Å²) in [5.41, 5.74) is 4.83. The number of likely N-dealkylation sites (tertiary alicyclic amines) is 1. The molecule has 0 spiro atoms. The van der Waals surface area contributed by atoms with Gasteiger partial charge in [-0.15, -0.1) is 0 Å². The van der Waals surface area contributed by atoms with Crippen LogP contribution in [0.4, 0.5) is 17.6 Å². The van der Waals surface area contributed by atoms with Gasteiger partial charge in [-0.1, -0.05) is 18.2 Å². The summed E-state index contributed by atoms with van der Waals surface area (Å²) in [4.78, 5) is 19.3. The summed E-state index contributed by atoms with van der Waals surface area (Å²) in [5, 5.41) is 7.25. The van der Waals surface area contributed by atoms with E-state index in [1.807, 2.05) is 39.2 Å². The highest BCUT2D eigenvalue weighted by Crippen LogP contribution is 2.35. The van der Waals surface area contributed by atoms with E-state index in [1.165, 1.54) is 24.1 Å². The van der Waals surface area contributed by atoms with Crippen molar-refractivity contribution in [1.29, 1.82) is 0 Å². The molecule has 2 unspecified atom stereocenters. The number of aryl methyl sites for hydroxylation is 3. The maximum atomic E-state index is 14.6. The van der Waals surface area contributed by atoms with Gasteiger partial charge in [-0.2, -0.15) is 18.3 Å². The van der Waals surface area contributed by atoms with E-state index < -0.39 is 29.9 Å². The molecule has 1 fully saturated rings. The summed E-state index contributed by atoms with van der Waals surface area (Å²) in [7, 11) is 4.92. The number of halogens is 4. The lowest BCUT2D eigenvalue weighted by molar-refractivity contribution is -0.189. The molecule has 1 aromatic heterocycles. The van der Waals surface area contributed by atoms with Crippen LogP contribution in [-0.4, -0.2) is 65.8 Å². The van der Waals surface area contributed by atoms with Crippen LogP contribution >= 0.6 is 0 Å². The second kappa shape index (κ2) is 13.5. The Labute approximate surface area is 249 Å². The molecule has 1 N–H and O–H groups in total. The number of hydrogen-bond donors (Lipinski definition) is 1. The number of amides is 1. The van der Waals surface area contributed by atoms with Crippen molar-refractivity contribution in [2.24, 2.45) is 18.0 Å². The molecule has 1 amide bonds. The minimum Gasteiger partial charge on any atom is -0.496 e. The van der Waals surface area contributed by atoms with Gasteiger partial charge in [0, 0.05) is 69.1 Å². The Morgan fingerprint density at radius 2 is 1.95 bits per heavy atom.